The fraction of sp³-hybridized carbons (Fsp3) is 0.200. The molecule has 6 aromatic carbocycles. The second-order valence-corrected chi connectivity index (χ2v) is 18.0. The first-order valence-corrected chi connectivity index (χ1v) is 25.2. The van der Waals surface area contributed by atoms with Crippen LogP contribution in [0.3, 0.4) is 0 Å². The Morgan fingerprint density at radius 2 is 0.817 bits per heavy atom. The number of para-hydroxylation sites is 1. The summed E-state index contributed by atoms with van der Waals surface area (Å²) in [6, 6.07) is 33.3. The zero-order valence-corrected chi connectivity index (χ0v) is 44.1. The molecule has 1 saturated heterocycles. The molecular weight excluding hydrogens is 1070 g/mol. The molecule has 1 aliphatic rings. The molecule has 1 fully saturated rings. The zero-order valence-electron chi connectivity index (χ0n) is 44.1. The number of rotatable bonds is 12. The number of carbonyl (C=O) groups is 6. The lowest BCUT2D eigenvalue weighted by Crippen LogP contribution is -2.33. The third kappa shape index (κ3) is 14.0. The number of hydrogen-bond acceptors (Lipinski definition) is 16. The number of fused-ring (bicyclic) bond motifs is 3. The van der Waals surface area contributed by atoms with Gasteiger partial charge in [-0.1, -0.05) is 24.3 Å². The topological polar surface area (TPSA) is 316 Å². The van der Waals surface area contributed by atoms with Crippen molar-refractivity contribution in [3.05, 3.63) is 167 Å². The van der Waals surface area contributed by atoms with Gasteiger partial charge in [0.15, 0.2) is 0 Å². The summed E-state index contributed by atoms with van der Waals surface area (Å²) >= 11 is 0. The van der Waals surface area contributed by atoms with Gasteiger partial charge in [0.2, 0.25) is 0 Å². The number of benzene rings is 6. The van der Waals surface area contributed by atoms with Gasteiger partial charge >= 0.3 is 35.8 Å². The number of methoxy groups -OCH3 is 2. The molecule has 4 heterocycles. The van der Waals surface area contributed by atoms with Gasteiger partial charge in [-0.25, -0.2) is 28.8 Å². The van der Waals surface area contributed by atoms with Crippen LogP contribution in [0.15, 0.2) is 147 Å². The van der Waals surface area contributed by atoms with Crippen molar-refractivity contribution in [2.75, 3.05) is 89.8 Å². The first kappa shape index (κ1) is 58.0. The minimum atomic E-state index is -1.29. The zero-order chi connectivity index (χ0) is 58.5. The van der Waals surface area contributed by atoms with Crippen LogP contribution in [0.25, 0.3) is 55.6 Å². The van der Waals surface area contributed by atoms with Gasteiger partial charge in [-0.15, -0.1) is 0 Å². The summed E-state index contributed by atoms with van der Waals surface area (Å²) < 4.78 is 47.1. The maximum absolute atomic E-state index is 12.1. The molecule has 0 aliphatic carbocycles. The van der Waals surface area contributed by atoms with Crippen molar-refractivity contribution in [1.29, 1.82) is 0 Å². The van der Waals surface area contributed by atoms with E-state index in [9.17, 15) is 49.2 Å². The molecule has 0 amide bonds. The third-order valence-corrected chi connectivity index (χ3v) is 13.0. The second-order valence-electron chi connectivity index (χ2n) is 18.0. The average molecular weight is 1120 g/mol. The maximum Gasteiger partial charge on any atom is 0.336 e. The van der Waals surface area contributed by atoms with Crippen molar-refractivity contribution in [3.8, 4) is 34.1 Å². The van der Waals surface area contributed by atoms with Gasteiger partial charge in [-0.05, 0) is 91.0 Å². The molecular formula is C60H54N2O20. The van der Waals surface area contributed by atoms with E-state index in [0.717, 1.165) is 29.2 Å². The quantitative estimate of drug-likeness (QED) is 0.0662. The van der Waals surface area contributed by atoms with Crippen molar-refractivity contribution in [2.45, 2.75) is 0 Å². The predicted octanol–water partition coefficient (Wildman–Crippen LogP) is 10.2. The number of aromatic carboxylic acids is 6. The van der Waals surface area contributed by atoms with Crippen LogP contribution in [-0.2, 0) is 14.2 Å². The predicted molar refractivity (Wildman–Crippen MR) is 298 cm³/mol. The molecule has 1 aliphatic heterocycles. The summed E-state index contributed by atoms with van der Waals surface area (Å²) in [7, 11) is 3.10. The van der Waals surface area contributed by atoms with Gasteiger partial charge in [0.05, 0.1) is 105 Å². The van der Waals surface area contributed by atoms with E-state index in [1.54, 1.807) is 56.9 Å². The number of carboxylic acid groups (broad SMARTS) is 6. The Kier molecular flexibility index (Phi) is 18.9. The minimum absolute atomic E-state index is 0.0186. The average Bonchev–Trinajstić information content (AvgIpc) is 3.99. The van der Waals surface area contributed by atoms with Crippen molar-refractivity contribution in [1.82, 2.24) is 0 Å². The number of furan rings is 3. The Bertz CT molecular complexity index is 3560. The van der Waals surface area contributed by atoms with Gasteiger partial charge in [-0.3, -0.25) is 0 Å². The summed E-state index contributed by atoms with van der Waals surface area (Å²) in [6.07, 6.45) is 1.70. The summed E-state index contributed by atoms with van der Waals surface area (Å²) in [5.74, 6) is -5.76. The number of anilines is 2. The Morgan fingerprint density at radius 3 is 1.22 bits per heavy atom. The van der Waals surface area contributed by atoms with Crippen LogP contribution >= 0.6 is 0 Å². The summed E-state index contributed by atoms with van der Waals surface area (Å²) in [5, 5.41) is 58.0. The highest BCUT2D eigenvalue weighted by atomic mass is 16.5. The molecule has 10 rings (SSSR count). The molecule has 6 N–H and O–H groups in total. The van der Waals surface area contributed by atoms with Crippen LogP contribution < -0.4 is 19.3 Å². The molecule has 0 atom stereocenters. The molecule has 0 unspecified atom stereocenters. The fourth-order valence-corrected chi connectivity index (χ4v) is 8.86. The Hall–Kier alpha value is -10.2. The smallest absolute Gasteiger partial charge is 0.336 e. The molecule has 424 valence electrons. The van der Waals surface area contributed by atoms with E-state index in [2.05, 4.69) is 0 Å². The highest BCUT2D eigenvalue weighted by Gasteiger charge is 2.24. The van der Waals surface area contributed by atoms with Crippen molar-refractivity contribution in [2.24, 2.45) is 0 Å². The summed E-state index contributed by atoms with van der Waals surface area (Å²) in [6.45, 7) is 3.83. The van der Waals surface area contributed by atoms with E-state index < -0.39 is 35.8 Å². The minimum Gasteiger partial charge on any atom is -0.495 e. The van der Waals surface area contributed by atoms with Gasteiger partial charge < -0.3 is 77.4 Å². The first-order valence-electron chi connectivity index (χ1n) is 25.2. The van der Waals surface area contributed by atoms with Crippen LogP contribution in [0, 0.1) is 0 Å². The SMILES string of the molecule is COc1cc2cc(-c3ccc(C(=O)O)cc3C(=O)O)oc2cc1N1CCOCCOCCN(c2cc3oc(-c4ccc(C(=O)O)cc4C(=O)O)cc3cc2OC)CCOCC1.O=C(O)c1cccc(C(=O)O)c1.c1ccc2occc2c1. The van der Waals surface area contributed by atoms with Crippen LogP contribution in [0.5, 0.6) is 11.5 Å². The van der Waals surface area contributed by atoms with Crippen LogP contribution in [0.4, 0.5) is 11.4 Å². The second kappa shape index (κ2) is 26.7. The number of hydrogen-bond donors (Lipinski definition) is 6. The summed E-state index contributed by atoms with van der Waals surface area (Å²) in [4.78, 5) is 72.1. The van der Waals surface area contributed by atoms with Gasteiger partial charge in [-0.2, -0.15) is 0 Å². The fourth-order valence-electron chi connectivity index (χ4n) is 8.86. The van der Waals surface area contributed by atoms with Gasteiger partial charge in [0.1, 0.15) is 39.8 Å². The third-order valence-electron chi connectivity index (χ3n) is 13.0. The first-order chi connectivity index (χ1) is 39.5. The van der Waals surface area contributed by atoms with Crippen LogP contribution in [0.1, 0.15) is 62.1 Å². The van der Waals surface area contributed by atoms with Crippen molar-refractivity contribution >= 4 is 80.1 Å². The van der Waals surface area contributed by atoms with E-state index in [1.165, 1.54) is 42.5 Å². The number of nitrogens with zero attached hydrogens (tertiary/aromatic N) is 2. The van der Waals surface area contributed by atoms with E-state index in [-0.39, 0.29) is 56.0 Å². The molecule has 0 radical (unpaired) electrons. The van der Waals surface area contributed by atoms with E-state index in [4.69, 9.17) is 47.1 Å². The Labute approximate surface area is 466 Å². The van der Waals surface area contributed by atoms with E-state index in [0.29, 0.717) is 111 Å². The molecule has 82 heavy (non-hydrogen) atoms. The standard InChI is InChI=1S/C44H42N2O15.C8H6O4.C8H6O/c1-55-39-21-27-19-37(29-5-3-25(41(47)48)17-31(29)43(51)52)60-35(27)23-33(39)45-7-11-57-12-8-46(10-14-59-16-15-58-13-9-45)34-24-36-28(22-40(34)56-2)20-38(61-36)30-6-4-26(42(49)50)18-32(30)44(53)54;9-7(10)5-2-1-3-6(4-5)8(11)12;1-2-4-8-7(3-1)5-6-9-8/h3-6,17-24H,7-16H2,1-2H3,(H,47,48)(H,49,50)(H,51,52)(H,53,54);1-4H,(H,9,10)(H,11,12);1-6H. The lowest BCUT2D eigenvalue weighted by atomic mass is 10.0. The van der Waals surface area contributed by atoms with Gasteiger partial charge in [0.25, 0.3) is 0 Å². The molecule has 0 saturated carbocycles. The summed E-state index contributed by atoms with van der Waals surface area (Å²) in [5.41, 5.74) is 2.94. The maximum atomic E-state index is 12.1. The molecule has 3 aromatic heterocycles. The van der Waals surface area contributed by atoms with Crippen LogP contribution in [0.2, 0.25) is 0 Å². The molecule has 0 bridgehead atoms. The van der Waals surface area contributed by atoms with Crippen LogP contribution in [-0.4, -0.2) is 146 Å². The van der Waals surface area contributed by atoms with Crippen molar-refractivity contribution in [3.63, 3.8) is 0 Å². The number of carboxylic acids is 6. The van der Waals surface area contributed by atoms with Crippen molar-refractivity contribution < 1.29 is 96.3 Å². The van der Waals surface area contributed by atoms with E-state index >= 15 is 0 Å². The normalized spacial score (nSPS) is 13.4. The molecule has 0 spiro atoms. The Balaban J connectivity index is 0.000000346. The highest BCUT2D eigenvalue weighted by molar-refractivity contribution is 6.02. The lowest BCUT2D eigenvalue weighted by molar-refractivity contribution is 0.0530. The Morgan fingerprint density at radius 1 is 0.402 bits per heavy atom. The van der Waals surface area contributed by atoms with E-state index in [1.807, 2.05) is 40.1 Å². The largest absolute Gasteiger partial charge is 0.495 e. The monoisotopic (exact) mass is 1120 g/mol. The number of ether oxygens (including phenoxy) is 5. The molecule has 22 heteroatoms. The molecule has 22 nitrogen and oxygen atoms in total. The highest BCUT2D eigenvalue weighted by Crippen LogP contribution is 2.40. The molecule has 9 aromatic rings. The van der Waals surface area contributed by atoms with Gasteiger partial charge in [0, 0.05) is 65.6 Å². The lowest BCUT2D eigenvalue weighted by Gasteiger charge is -2.27.